The number of hydrogen-bond acceptors (Lipinski definition) is 3. The van der Waals surface area contributed by atoms with Crippen molar-refractivity contribution in [2.45, 2.75) is 38.5 Å². The van der Waals surface area contributed by atoms with E-state index in [1.807, 2.05) is 0 Å². The Labute approximate surface area is 100 Å². The van der Waals surface area contributed by atoms with Gasteiger partial charge in [0.25, 0.3) is 0 Å². The fourth-order valence-electron chi connectivity index (χ4n) is 2.80. The van der Waals surface area contributed by atoms with Crippen molar-refractivity contribution in [2.75, 3.05) is 40.4 Å². The lowest BCUT2D eigenvalue weighted by Crippen LogP contribution is -2.42. The van der Waals surface area contributed by atoms with Crippen LogP contribution in [0.1, 0.15) is 38.5 Å². The summed E-state index contributed by atoms with van der Waals surface area (Å²) < 4.78 is 5.12. The molecule has 1 saturated carbocycles. The minimum atomic E-state index is 0.374. The predicted molar refractivity (Wildman–Crippen MR) is 68.6 cm³/mol. The number of hydrogen-bond donors (Lipinski definition) is 1. The Balaban J connectivity index is 2.43. The van der Waals surface area contributed by atoms with Gasteiger partial charge < -0.3 is 15.4 Å². The molecule has 0 amide bonds. The Bertz CT molecular complexity index is 177. The maximum absolute atomic E-state index is 6.03. The Morgan fingerprint density at radius 3 is 2.31 bits per heavy atom. The molecular formula is C13H28N2O. The molecule has 16 heavy (non-hydrogen) atoms. The van der Waals surface area contributed by atoms with Crippen molar-refractivity contribution in [2.24, 2.45) is 11.1 Å². The molecule has 3 nitrogen and oxygen atoms in total. The van der Waals surface area contributed by atoms with E-state index in [0.29, 0.717) is 5.41 Å². The van der Waals surface area contributed by atoms with Crippen molar-refractivity contribution in [3.05, 3.63) is 0 Å². The summed E-state index contributed by atoms with van der Waals surface area (Å²) in [6.07, 6.45) is 8.11. The average Bonchev–Trinajstić information content (AvgIpc) is 2.52. The Morgan fingerprint density at radius 1 is 1.19 bits per heavy atom. The number of methoxy groups -OCH3 is 1. The van der Waals surface area contributed by atoms with E-state index >= 15 is 0 Å². The number of nitrogens with two attached hydrogens (primary N) is 1. The molecule has 0 aliphatic heterocycles. The van der Waals surface area contributed by atoms with E-state index in [4.69, 9.17) is 10.5 Å². The van der Waals surface area contributed by atoms with E-state index in [9.17, 15) is 0 Å². The molecule has 0 aromatic heterocycles. The van der Waals surface area contributed by atoms with E-state index < -0.39 is 0 Å². The summed E-state index contributed by atoms with van der Waals surface area (Å²) in [6.45, 7) is 3.80. The molecule has 1 fully saturated rings. The predicted octanol–water partition coefficient (Wildman–Crippen LogP) is 1.86. The summed E-state index contributed by atoms with van der Waals surface area (Å²) in [5.41, 5.74) is 6.40. The van der Waals surface area contributed by atoms with Gasteiger partial charge in [0.2, 0.25) is 0 Å². The molecule has 1 aliphatic rings. The van der Waals surface area contributed by atoms with E-state index in [2.05, 4.69) is 11.9 Å². The number of likely N-dealkylation sites (N-methyl/N-ethyl adjacent to an activating group) is 1. The highest BCUT2D eigenvalue weighted by atomic mass is 16.5. The molecule has 2 N–H and O–H groups in total. The molecule has 0 aromatic rings. The van der Waals surface area contributed by atoms with Crippen molar-refractivity contribution in [1.82, 2.24) is 4.90 Å². The van der Waals surface area contributed by atoms with Crippen molar-refractivity contribution < 1.29 is 4.74 Å². The van der Waals surface area contributed by atoms with Gasteiger partial charge >= 0.3 is 0 Å². The zero-order valence-corrected chi connectivity index (χ0v) is 11.0. The van der Waals surface area contributed by atoms with Crippen LogP contribution in [0, 0.1) is 5.41 Å². The van der Waals surface area contributed by atoms with Crippen LogP contribution in [0.3, 0.4) is 0 Å². The molecule has 0 heterocycles. The second kappa shape index (κ2) is 7.25. The van der Waals surface area contributed by atoms with Gasteiger partial charge in [0.15, 0.2) is 0 Å². The maximum atomic E-state index is 6.03. The first-order valence-electron chi connectivity index (χ1n) is 6.60. The molecular weight excluding hydrogens is 200 g/mol. The zero-order chi connectivity index (χ0) is 11.9. The van der Waals surface area contributed by atoms with E-state index in [-0.39, 0.29) is 0 Å². The number of nitrogens with zero attached hydrogens (tertiary/aromatic N) is 1. The Hall–Kier alpha value is -0.120. The molecule has 0 saturated heterocycles. The van der Waals surface area contributed by atoms with Gasteiger partial charge in [-0.15, -0.1) is 0 Å². The normalized spacial score (nSPS) is 21.0. The molecule has 1 aliphatic carbocycles. The van der Waals surface area contributed by atoms with Crippen LogP contribution >= 0.6 is 0 Å². The third-order valence-electron chi connectivity index (χ3n) is 3.88. The van der Waals surface area contributed by atoms with Gasteiger partial charge in [-0.2, -0.15) is 0 Å². The van der Waals surface area contributed by atoms with Crippen LogP contribution in [0.5, 0.6) is 0 Å². The van der Waals surface area contributed by atoms with Gasteiger partial charge in [0.05, 0.1) is 6.61 Å². The van der Waals surface area contributed by atoms with Crippen LogP contribution in [0.2, 0.25) is 0 Å². The fraction of sp³-hybridized carbons (Fsp3) is 1.00. The van der Waals surface area contributed by atoms with E-state index in [1.54, 1.807) is 7.11 Å². The maximum Gasteiger partial charge on any atom is 0.0589 e. The average molecular weight is 228 g/mol. The largest absolute Gasteiger partial charge is 0.383 e. The fourth-order valence-corrected chi connectivity index (χ4v) is 2.80. The van der Waals surface area contributed by atoms with Gasteiger partial charge in [-0.1, -0.05) is 25.7 Å². The number of ether oxygens (including phenoxy) is 1. The topological polar surface area (TPSA) is 38.5 Å². The third kappa shape index (κ3) is 4.40. The zero-order valence-electron chi connectivity index (χ0n) is 11.0. The second-order valence-electron chi connectivity index (χ2n) is 5.35. The van der Waals surface area contributed by atoms with Gasteiger partial charge in [-0.25, -0.2) is 0 Å². The van der Waals surface area contributed by atoms with Crippen molar-refractivity contribution in [3.8, 4) is 0 Å². The minimum Gasteiger partial charge on any atom is -0.383 e. The standard InChI is InChI=1S/C13H28N2O/c1-15(9-10-16-2)12-13(11-14)7-5-3-4-6-8-13/h3-12,14H2,1-2H3. The third-order valence-corrected chi connectivity index (χ3v) is 3.88. The summed E-state index contributed by atoms with van der Waals surface area (Å²) in [4.78, 5) is 2.38. The Kier molecular flexibility index (Phi) is 6.32. The highest BCUT2D eigenvalue weighted by Crippen LogP contribution is 2.34. The second-order valence-corrected chi connectivity index (χ2v) is 5.35. The van der Waals surface area contributed by atoms with Gasteiger partial charge in [0, 0.05) is 20.2 Å². The van der Waals surface area contributed by atoms with Crippen LogP contribution in [-0.2, 0) is 4.74 Å². The smallest absolute Gasteiger partial charge is 0.0589 e. The summed E-state index contributed by atoms with van der Waals surface area (Å²) in [6, 6.07) is 0. The monoisotopic (exact) mass is 228 g/mol. The molecule has 0 unspecified atom stereocenters. The van der Waals surface area contributed by atoms with E-state index in [0.717, 1.165) is 26.2 Å². The van der Waals surface area contributed by atoms with Crippen molar-refractivity contribution >= 4 is 0 Å². The molecule has 1 rings (SSSR count). The lowest BCUT2D eigenvalue weighted by Gasteiger charge is -2.35. The molecule has 0 aromatic carbocycles. The Morgan fingerprint density at radius 2 is 1.81 bits per heavy atom. The van der Waals surface area contributed by atoms with Crippen molar-refractivity contribution in [3.63, 3.8) is 0 Å². The molecule has 3 heteroatoms. The first kappa shape index (κ1) is 13.9. The van der Waals surface area contributed by atoms with Crippen LogP contribution < -0.4 is 5.73 Å². The summed E-state index contributed by atoms with van der Waals surface area (Å²) in [5, 5.41) is 0. The highest BCUT2D eigenvalue weighted by Gasteiger charge is 2.30. The quantitative estimate of drug-likeness (QED) is 0.705. The van der Waals surface area contributed by atoms with Gasteiger partial charge in [0.1, 0.15) is 0 Å². The lowest BCUT2D eigenvalue weighted by atomic mass is 9.80. The summed E-state index contributed by atoms with van der Waals surface area (Å²) in [7, 11) is 3.94. The van der Waals surface area contributed by atoms with Crippen LogP contribution in [0.25, 0.3) is 0 Å². The first-order chi connectivity index (χ1) is 7.72. The van der Waals surface area contributed by atoms with Crippen molar-refractivity contribution in [1.29, 1.82) is 0 Å². The van der Waals surface area contributed by atoms with Crippen LogP contribution in [0.15, 0.2) is 0 Å². The SMILES string of the molecule is COCCN(C)CC1(CN)CCCCCC1. The molecule has 0 atom stereocenters. The first-order valence-corrected chi connectivity index (χ1v) is 6.60. The summed E-state index contributed by atoms with van der Waals surface area (Å²) >= 11 is 0. The molecule has 0 radical (unpaired) electrons. The van der Waals surface area contributed by atoms with E-state index in [1.165, 1.54) is 38.5 Å². The van der Waals surface area contributed by atoms with Gasteiger partial charge in [-0.05, 0) is 31.8 Å². The molecule has 0 bridgehead atoms. The van der Waals surface area contributed by atoms with Gasteiger partial charge in [-0.3, -0.25) is 0 Å². The molecule has 96 valence electrons. The number of rotatable bonds is 6. The summed E-state index contributed by atoms with van der Waals surface area (Å²) in [5.74, 6) is 0. The minimum absolute atomic E-state index is 0.374. The van der Waals surface area contributed by atoms with Crippen LogP contribution in [0.4, 0.5) is 0 Å². The molecule has 0 spiro atoms. The lowest BCUT2D eigenvalue weighted by molar-refractivity contribution is 0.116. The highest BCUT2D eigenvalue weighted by molar-refractivity contribution is 4.85. The van der Waals surface area contributed by atoms with Crippen LogP contribution in [-0.4, -0.2) is 45.3 Å².